The number of aryl methyl sites for hydroxylation is 1. The van der Waals surface area contributed by atoms with Crippen LogP contribution in [0.15, 0.2) is 18.2 Å². The van der Waals surface area contributed by atoms with Gasteiger partial charge in [-0.15, -0.1) is 0 Å². The number of ether oxygens (including phenoxy) is 3. The summed E-state index contributed by atoms with van der Waals surface area (Å²) in [7, 11) is 5.06. The van der Waals surface area contributed by atoms with E-state index < -0.39 is 0 Å². The summed E-state index contributed by atoms with van der Waals surface area (Å²) in [6, 6.07) is 6.14. The highest BCUT2D eigenvalue weighted by Gasteiger charge is 2.17. The molecule has 0 amide bonds. The summed E-state index contributed by atoms with van der Waals surface area (Å²) in [6.45, 7) is 7.22. The number of methoxy groups -OCH3 is 3. The maximum absolute atomic E-state index is 5.35. The fourth-order valence-corrected chi connectivity index (χ4v) is 2.21. The Hall–Kier alpha value is -1.26. The smallest absolute Gasteiger partial charge is 0.160 e. The van der Waals surface area contributed by atoms with Crippen LogP contribution in [-0.2, 0) is 11.2 Å². The fourth-order valence-electron chi connectivity index (χ4n) is 2.21. The first-order valence-corrected chi connectivity index (χ1v) is 7.43. The highest BCUT2D eigenvalue weighted by atomic mass is 16.5. The first-order valence-electron chi connectivity index (χ1n) is 7.43. The molecule has 1 aromatic carbocycles. The molecular weight excluding hydrogens is 266 g/mol. The zero-order chi connectivity index (χ0) is 15.7. The van der Waals surface area contributed by atoms with Crippen LogP contribution in [0.4, 0.5) is 0 Å². The largest absolute Gasteiger partial charge is 0.493 e. The van der Waals surface area contributed by atoms with E-state index in [4.69, 9.17) is 14.2 Å². The van der Waals surface area contributed by atoms with Crippen LogP contribution in [0.1, 0.15) is 25.8 Å². The molecule has 0 aliphatic rings. The normalized spacial score (nSPS) is 11.5. The Balaban J connectivity index is 2.49. The minimum atomic E-state index is 0.251. The molecule has 21 heavy (non-hydrogen) atoms. The third-order valence-electron chi connectivity index (χ3n) is 3.62. The van der Waals surface area contributed by atoms with Crippen molar-refractivity contribution in [3.8, 4) is 11.5 Å². The Morgan fingerprint density at radius 1 is 1.05 bits per heavy atom. The molecular formula is C17H29NO3. The molecule has 0 fully saturated rings. The van der Waals surface area contributed by atoms with Gasteiger partial charge in [0.05, 0.1) is 20.8 Å². The van der Waals surface area contributed by atoms with Gasteiger partial charge in [0.25, 0.3) is 0 Å². The SMILES string of the molecule is COCCNCC(C)(C)CCc1ccc(OC)c(OC)c1. The minimum absolute atomic E-state index is 0.251. The van der Waals surface area contributed by atoms with Crippen molar-refractivity contribution in [2.24, 2.45) is 5.41 Å². The second-order valence-corrected chi connectivity index (χ2v) is 6.02. The van der Waals surface area contributed by atoms with Crippen molar-refractivity contribution >= 4 is 0 Å². The maximum atomic E-state index is 5.35. The number of rotatable bonds is 10. The lowest BCUT2D eigenvalue weighted by atomic mass is 9.86. The van der Waals surface area contributed by atoms with E-state index in [2.05, 4.69) is 31.3 Å². The Morgan fingerprint density at radius 2 is 1.76 bits per heavy atom. The molecule has 0 aliphatic heterocycles. The predicted octanol–water partition coefficient (Wildman–Crippen LogP) is 2.90. The third kappa shape index (κ3) is 6.36. The minimum Gasteiger partial charge on any atom is -0.493 e. The summed E-state index contributed by atoms with van der Waals surface area (Å²) in [5, 5.41) is 3.43. The zero-order valence-corrected chi connectivity index (χ0v) is 14.0. The summed E-state index contributed by atoms with van der Waals surface area (Å²) >= 11 is 0. The summed E-state index contributed by atoms with van der Waals surface area (Å²) < 4.78 is 15.7. The van der Waals surface area contributed by atoms with Gasteiger partial charge in [0.15, 0.2) is 11.5 Å². The van der Waals surface area contributed by atoms with Crippen LogP contribution >= 0.6 is 0 Å². The van der Waals surface area contributed by atoms with Gasteiger partial charge < -0.3 is 19.5 Å². The van der Waals surface area contributed by atoms with Gasteiger partial charge in [-0.05, 0) is 36.0 Å². The highest BCUT2D eigenvalue weighted by Crippen LogP contribution is 2.29. The second-order valence-electron chi connectivity index (χ2n) is 6.02. The van der Waals surface area contributed by atoms with Crippen molar-refractivity contribution in [3.05, 3.63) is 23.8 Å². The van der Waals surface area contributed by atoms with Gasteiger partial charge in [-0.25, -0.2) is 0 Å². The molecule has 0 saturated carbocycles. The van der Waals surface area contributed by atoms with Crippen molar-refractivity contribution in [2.45, 2.75) is 26.7 Å². The molecule has 0 heterocycles. The van der Waals surface area contributed by atoms with E-state index >= 15 is 0 Å². The molecule has 0 bridgehead atoms. The predicted molar refractivity (Wildman–Crippen MR) is 86.4 cm³/mol. The Morgan fingerprint density at radius 3 is 2.38 bits per heavy atom. The van der Waals surface area contributed by atoms with Gasteiger partial charge in [0.1, 0.15) is 0 Å². The summed E-state index contributed by atoms with van der Waals surface area (Å²) in [4.78, 5) is 0. The number of hydrogen-bond acceptors (Lipinski definition) is 4. The molecule has 0 atom stereocenters. The summed E-state index contributed by atoms with van der Waals surface area (Å²) in [5.41, 5.74) is 1.53. The molecule has 1 aromatic rings. The van der Waals surface area contributed by atoms with Gasteiger partial charge in [0.2, 0.25) is 0 Å². The molecule has 120 valence electrons. The molecule has 4 heteroatoms. The van der Waals surface area contributed by atoms with E-state index in [-0.39, 0.29) is 5.41 Å². The van der Waals surface area contributed by atoms with Gasteiger partial charge in [0, 0.05) is 20.2 Å². The van der Waals surface area contributed by atoms with Crippen molar-refractivity contribution in [3.63, 3.8) is 0 Å². The van der Waals surface area contributed by atoms with E-state index in [1.54, 1.807) is 21.3 Å². The average Bonchev–Trinajstić information content (AvgIpc) is 2.49. The summed E-state index contributed by atoms with van der Waals surface area (Å²) in [5.74, 6) is 1.58. The van der Waals surface area contributed by atoms with Crippen LogP contribution in [0, 0.1) is 5.41 Å². The van der Waals surface area contributed by atoms with Crippen LogP contribution in [-0.4, -0.2) is 41.0 Å². The second kappa shape index (κ2) is 8.90. The molecule has 0 aromatic heterocycles. The van der Waals surface area contributed by atoms with Crippen LogP contribution < -0.4 is 14.8 Å². The first-order chi connectivity index (χ1) is 10.0. The number of nitrogens with one attached hydrogen (secondary N) is 1. The average molecular weight is 295 g/mol. The zero-order valence-electron chi connectivity index (χ0n) is 14.0. The molecule has 0 saturated heterocycles. The third-order valence-corrected chi connectivity index (χ3v) is 3.62. The maximum Gasteiger partial charge on any atom is 0.160 e. The van der Waals surface area contributed by atoms with E-state index in [1.165, 1.54) is 5.56 Å². The standard InChI is InChI=1S/C17H29NO3/c1-17(2,13-18-10-11-19-3)9-8-14-6-7-15(20-4)16(12-14)21-5/h6-7,12,18H,8-11,13H2,1-5H3. The van der Waals surface area contributed by atoms with Gasteiger partial charge in [-0.3, -0.25) is 0 Å². The molecule has 0 aliphatic carbocycles. The van der Waals surface area contributed by atoms with Crippen LogP contribution in [0.3, 0.4) is 0 Å². The number of hydrogen-bond donors (Lipinski definition) is 1. The van der Waals surface area contributed by atoms with Crippen molar-refractivity contribution in [1.82, 2.24) is 5.32 Å². The Kier molecular flexibility index (Phi) is 7.54. The first kappa shape index (κ1) is 17.8. The molecule has 0 spiro atoms. The molecule has 1 N–H and O–H groups in total. The lowest BCUT2D eigenvalue weighted by Crippen LogP contribution is -2.31. The van der Waals surface area contributed by atoms with Crippen molar-refractivity contribution in [2.75, 3.05) is 41.0 Å². The Bertz CT molecular complexity index is 418. The van der Waals surface area contributed by atoms with Crippen LogP contribution in [0.5, 0.6) is 11.5 Å². The molecule has 4 nitrogen and oxygen atoms in total. The van der Waals surface area contributed by atoms with Crippen LogP contribution in [0.25, 0.3) is 0 Å². The monoisotopic (exact) mass is 295 g/mol. The Labute approximate surface area is 128 Å². The number of benzene rings is 1. The van der Waals surface area contributed by atoms with Crippen LogP contribution in [0.2, 0.25) is 0 Å². The van der Waals surface area contributed by atoms with Crippen molar-refractivity contribution < 1.29 is 14.2 Å². The van der Waals surface area contributed by atoms with Gasteiger partial charge in [-0.2, -0.15) is 0 Å². The quantitative estimate of drug-likeness (QED) is 0.674. The fraction of sp³-hybridized carbons (Fsp3) is 0.647. The molecule has 0 unspecified atom stereocenters. The molecule has 0 radical (unpaired) electrons. The lowest BCUT2D eigenvalue weighted by molar-refractivity contribution is 0.193. The lowest BCUT2D eigenvalue weighted by Gasteiger charge is -2.25. The van der Waals surface area contributed by atoms with Gasteiger partial charge in [-0.1, -0.05) is 19.9 Å². The van der Waals surface area contributed by atoms with E-state index in [0.717, 1.165) is 44.0 Å². The topological polar surface area (TPSA) is 39.7 Å². The summed E-state index contributed by atoms with van der Waals surface area (Å²) in [6.07, 6.45) is 2.14. The van der Waals surface area contributed by atoms with E-state index in [1.807, 2.05) is 6.07 Å². The van der Waals surface area contributed by atoms with E-state index in [0.29, 0.717) is 0 Å². The van der Waals surface area contributed by atoms with Gasteiger partial charge >= 0.3 is 0 Å². The van der Waals surface area contributed by atoms with Crippen molar-refractivity contribution in [1.29, 1.82) is 0 Å². The van der Waals surface area contributed by atoms with E-state index in [9.17, 15) is 0 Å². The molecule has 1 rings (SSSR count). The highest BCUT2D eigenvalue weighted by molar-refractivity contribution is 5.42.